The Bertz CT molecular complexity index is 493. The second kappa shape index (κ2) is 3.72. The van der Waals surface area contributed by atoms with Crippen LogP contribution in [-0.4, -0.2) is 28.3 Å². The molecule has 82 valence electrons. The standard InChI is InChI=1S/C12H13N3O/c16-11(10-6-3-7-13-10)12-14-8-4-1-2-5-9(8)15-12/h1-2,4-5,10,13H,3,6-7H2,(H,14,15)/t10-/m0/s1. The van der Waals surface area contributed by atoms with E-state index in [0.717, 1.165) is 30.4 Å². The van der Waals surface area contributed by atoms with Gasteiger partial charge in [-0.05, 0) is 31.5 Å². The number of hydrogen-bond acceptors (Lipinski definition) is 3. The number of para-hydroxylation sites is 2. The second-order valence-corrected chi connectivity index (χ2v) is 4.12. The maximum atomic E-state index is 12.1. The quantitative estimate of drug-likeness (QED) is 0.746. The zero-order valence-electron chi connectivity index (χ0n) is 8.86. The van der Waals surface area contributed by atoms with Gasteiger partial charge in [0.25, 0.3) is 0 Å². The molecule has 2 heterocycles. The number of Topliss-reactive ketones (excluding diaryl/α,β-unsaturated/α-hetero) is 1. The monoisotopic (exact) mass is 215 g/mol. The van der Waals surface area contributed by atoms with Gasteiger partial charge in [0.15, 0.2) is 5.82 Å². The van der Waals surface area contributed by atoms with Crippen molar-refractivity contribution in [2.75, 3.05) is 6.54 Å². The van der Waals surface area contributed by atoms with Gasteiger partial charge in [0.1, 0.15) is 0 Å². The summed E-state index contributed by atoms with van der Waals surface area (Å²) in [6.45, 7) is 0.927. The Hall–Kier alpha value is -1.68. The van der Waals surface area contributed by atoms with Gasteiger partial charge < -0.3 is 10.3 Å². The molecule has 0 spiro atoms. The molecule has 0 saturated carbocycles. The highest BCUT2D eigenvalue weighted by atomic mass is 16.1. The molecule has 1 saturated heterocycles. The van der Waals surface area contributed by atoms with Crippen LogP contribution in [0.3, 0.4) is 0 Å². The molecule has 16 heavy (non-hydrogen) atoms. The minimum Gasteiger partial charge on any atom is -0.335 e. The number of carbonyl (C=O) groups excluding carboxylic acids is 1. The Morgan fingerprint density at radius 3 is 3.00 bits per heavy atom. The molecule has 1 aromatic heterocycles. The Balaban J connectivity index is 1.96. The number of nitrogens with one attached hydrogen (secondary N) is 2. The van der Waals surface area contributed by atoms with Gasteiger partial charge in [-0.25, -0.2) is 4.98 Å². The average Bonchev–Trinajstić information content (AvgIpc) is 2.97. The van der Waals surface area contributed by atoms with E-state index >= 15 is 0 Å². The van der Waals surface area contributed by atoms with Crippen LogP contribution < -0.4 is 5.32 Å². The van der Waals surface area contributed by atoms with E-state index in [1.165, 1.54) is 0 Å². The topological polar surface area (TPSA) is 57.8 Å². The van der Waals surface area contributed by atoms with Crippen LogP contribution in [0.4, 0.5) is 0 Å². The number of imidazole rings is 1. The van der Waals surface area contributed by atoms with E-state index in [4.69, 9.17) is 0 Å². The van der Waals surface area contributed by atoms with Crippen LogP contribution in [0.15, 0.2) is 24.3 Å². The zero-order valence-corrected chi connectivity index (χ0v) is 8.86. The summed E-state index contributed by atoms with van der Waals surface area (Å²) < 4.78 is 0. The van der Waals surface area contributed by atoms with Crippen molar-refractivity contribution in [3.05, 3.63) is 30.1 Å². The Kier molecular flexibility index (Phi) is 2.22. The number of H-pyrrole nitrogens is 1. The number of aromatic amines is 1. The van der Waals surface area contributed by atoms with Crippen molar-refractivity contribution in [1.29, 1.82) is 0 Å². The van der Waals surface area contributed by atoms with E-state index in [2.05, 4.69) is 15.3 Å². The number of fused-ring (bicyclic) bond motifs is 1. The van der Waals surface area contributed by atoms with Crippen molar-refractivity contribution >= 4 is 16.8 Å². The second-order valence-electron chi connectivity index (χ2n) is 4.12. The lowest BCUT2D eigenvalue weighted by atomic mass is 10.1. The highest BCUT2D eigenvalue weighted by molar-refractivity contribution is 5.99. The fourth-order valence-electron chi connectivity index (χ4n) is 2.14. The fourth-order valence-corrected chi connectivity index (χ4v) is 2.14. The van der Waals surface area contributed by atoms with Crippen LogP contribution in [0, 0.1) is 0 Å². The largest absolute Gasteiger partial charge is 0.335 e. The number of aromatic nitrogens is 2. The van der Waals surface area contributed by atoms with Crippen molar-refractivity contribution < 1.29 is 4.79 Å². The van der Waals surface area contributed by atoms with Gasteiger partial charge in [0.05, 0.1) is 17.1 Å². The van der Waals surface area contributed by atoms with E-state index in [-0.39, 0.29) is 11.8 Å². The molecule has 1 fully saturated rings. The number of rotatable bonds is 2. The molecule has 0 unspecified atom stereocenters. The van der Waals surface area contributed by atoms with Gasteiger partial charge >= 0.3 is 0 Å². The molecule has 2 aromatic rings. The lowest BCUT2D eigenvalue weighted by Crippen LogP contribution is -2.31. The summed E-state index contributed by atoms with van der Waals surface area (Å²) in [5.41, 5.74) is 1.77. The van der Waals surface area contributed by atoms with Crippen LogP contribution in [0.25, 0.3) is 11.0 Å². The molecule has 0 radical (unpaired) electrons. The predicted octanol–water partition coefficient (Wildman–Crippen LogP) is 1.50. The molecule has 0 amide bonds. The SMILES string of the molecule is O=C(c1nc2ccccc2[nH]1)[C@@H]1CCCN1. The highest BCUT2D eigenvalue weighted by Crippen LogP contribution is 2.14. The molecule has 2 N–H and O–H groups in total. The van der Waals surface area contributed by atoms with Gasteiger partial charge in [-0.15, -0.1) is 0 Å². The van der Waals surface area contributed by atoms with E-state index in [1.54, 1.807) is 0 Å². The van der Waals surface area contributed by atoms with E-state index in [0.29, 0.717) is 5.82 Å². The van der Waals surface area contributed by atoms with Gasteiger partial charge in [-0.1, -0.05) is 12.1 Å². The van der Waals surface area contributed by atoms with Crippen LogP contribution in [0.5, 0.6) is 0 Å². The van der Waals surface area contributed by atoms with Crippen LogP contribution in [-0.2, 0) is 0 Å². The summed E-state index contributed by atoms with van der Waals surface area (Å²) in [7, 11) is 0. The van der Waals surface area contributed by atoms with Gasteiger partial charge in [0, 0.05) is 0 Å². The first-order valence-electron chi connectivity index (χ1n) is 5.57. The summed E-state index contributed by atoms with van der Waals surface area (Å²) in [5, 5.41) is 3.19. The highest BCUT2D eigenvalue weighted by Gasteiger charge is 2.25. The van der Waals surface area contributed by atoms with E-state index in [9.17, 15) is 4.79 Å². The molecule has 3 rings (SSSR count). The molecule has 1 aliphatic rings. The summed E-state index contributed by atoms with van der Waals surface area (Å²) in [4.78, 5) is 19.4. The molecular weight excluding hydrogens is 202 g/mol. The molecule has 4 nitrogen and oxygen atoms in total. The Labute approximate surface area is 93.1 Å². The lowest BCUT2D eigenvalue weighted by molar-refractivity contribution is 0.0943. The molecular formula is C12H13N3O. The fraction of sp³-hybridized carbons (Fsp3) is 0.333. The maximum Gasteiger partial charge on any atom is 0.214 e. The third-order valence-electron chi connectivity index (χ3n) is 3.00. The predicted molar refractivity (Wildman–Crippen MR) is 61.4 cm³/mol. The van der Waals surface area contributed by atoms with E-state index < -0.39 is 0 Å². The smallest absolute Gasteiger partial charge is 0.214 e. The average molecular weight is 215 g/mol. The van der Waals surface area contributed by atoms with Crippen molar-refractivity contribution in [1.82, 2.24) is 15.3 Å². The van der Waals surface area contributed by atoms with Crippen molar-refractivity contribution in [2.45, 2.75) is 18.9 Å². The minimum atomic E-state index is -0.0550. The zero-order chi connectivity index (χ0) is 11.0. The number of hydrogen-bond donors (Lipinski definition) is 2. The number of carbonyl (C=O) groups is 1. The van der Waals surface area contributed by atoms with Gasteiger partial charge in [0.2, 0.25) is 5.78 Å². The molecule has 1 atom stereocenters. The number of benzene rings is 1. The lowest BCUT2D eigenvalue weighted by Gasteiger charge is -2.05. The first-order valence-corrected chi connectivity index (χ1v) is 5.57. The minimum absolute atomic E-state index is 0.0550. The first-order chi connectivity index (χ1) is 7.84. The maximum absolute atomic E-state index is 12.1. The third kappa shape index (κ3) is 1.51. The van der Waals surface area contributed by atoms with Gasteiger partial charge in [-0.2, -0.15) is 0 Å². The summed E-state index contributed by atoms with van der Waals surface area (Å²) in [6, 6.07) is 7.64. The van der Waals surface area contributed by atoms with Crippen LogP contribution in [0.1, 0.15) is 23.5 Å². The molecule has 0 aliphatic carbocycles. The van der Waals surface area contributed by atoms with Crippen LogP contribution in [0.2, 0.25) is 0 Å². The Morgan fingerprint density at radius 2 is 2.25 bits per heavy atom. The van der Waals surface area contributed by atoms with Crippen molar-refractivity contribution in [3.8, 4) is 0 Å². The summed E-state index contributed by atoms with van der Waals surface area (Å²) in [6.07, 6.45) is 1.98. The van der Waals surface area contributed by atoms with Crippen molar-refractivity contribution in [3.63, 3.8) is 0 Å². The normalized spacial score (nSPS) is 20.4. The van der Waals surface area contributed by atoms with Gasteiger partial charge in [-0.3, -0.25) is 4.79 Å². The van der Waals surface area contributed by atoms with E-state index in [1.807, 2.05) is 24.3 Å². The number of ketones is 1. The summed E-state index contributed by atoms with van der Waals surface area (Å²) in [5.74, 6) is 0.550. The molecule has 4 heteroatoms. The third-order valence-corrected chi connectivity index (χ3v) is 3.00. The van der Waals surface area contributed by atoms with Crippen molar-refractivity contribution in [2.24, 2.45) is 0 Å². The molecule has 0 bridgehead atoms. The molecule has 1 aliphatic heterocycles. The number of nitrogens with zero attached hydrogens (tertiary/aromatic N) is 1. The first kappa shape index (κ1) is 9.54. The summed E-state index contributed by atoms with van der Waals surface area (Å²) >= 11 is 0. The Morgan fingerprint density at radius 1 is 1.38 bits per heavy atom. The van der Waals surface area contributed by atoms with Crippen LogP contribution >= 0.6 is 0 Å². The molecule has 1 aromatic carbocycles.